The molecule has 0 bridgehead atoms. The van der Waals surface area contributed by atoms with Crippen molar-refractivity contribution in [2.24, 2.45) is 5.10 Å². The van der Waals surface area contributed by atoms with Crippen LogP contribution in [0.25, 0.3) is 0 Å². The summed E-state index contributed by atoms with van der Waals surface area (Å²) in [5.74, 6) is 0.471. The summed E-state index contributed by atoms with van der Waals surface area (Å²) >= 11 is 1.59. The van der Waals surface area contributed by atoms with Crippen LogP contribution >= 0.6 is 11.3 Å². The molecule has 0 aliphatic rings. The molecule has 0 fully saturated rings. The monoisotopic (exact) mass is 350 g/mol. The summed E-state index contributed by atoms with van der Waals surface area (Å²) in [6.45, 7) is 2.50. The first-order valence-electron chi connectivity index (χ1n) is 7.86. The van der Waals surface area contributed by atoms with E-state index in [2.05, 4.69) is 10.5 Å². The van der Waals surface area contributed by atoms with E-state index in [9.17, 15) is 4.79 Å². The summed E-state index contributed by atoms with van der Waals surface area (Å²) in [4.78, 5) is 13.1. The fraction of sp³-hybridized carbons (Fsp3) is 0.100. The van der Waals surface area contributed by atoms with Crippen molar-refractivity contribution in [1.29, 1.82) is 0 Å². The first kappa shape index (κ1) is 16.9. The van der Waals surface area contributed by atoms with Gasteiger partial charge in [-0.15, -0.1) is 11.3 Å². The average Bonchev–Trinajstić information content (AvgIpc) is 3.06. The molecule has 1 heterocycles. The molecule has 0 atom stereocenters. The van der Waals surface area contributed by atoms with Crippen LogP contribution in [0.15, 0.2) is 71.1 Å². The molecule has 5 heteroatoms. The van der Waals surface area contributed by atoms with E-state index < -0.39 is 0 Å². The SMILES string of the molecule is Cc1ccsc1C=NNC(=O)c1ccc(OCc2ccccc2)cc1. The second-order valence-electron chi connectivity index (χ2n) is 5.47. The van der Waals surface area contributed by atoms with Gasteiger partial charge in [-0.3, -0.25) is 4.79 Å². The number of carbonyl (C=O) groups is 1. The van der Waals surface area contributed by atoms with Crippen LogP contribution in [-0.2, 0) is 6.61 Å². The van der Waals surface area contributed by atoms with Gasteiger partial charge in [-0.1, -0.05) is 30.3 Å². The van der Waals surface area contributed by atoms with Crippen molar-refractivity contribution in [2.45, 2.75) is 13.5 Å². The normalized spacial score (nSPS) is 10.8. The Morgan fingerprint density at radius 3 is 2.56 bits per heavy atom. The Labute approximate surface area is 150 Å². The van der Waals surface area contributed by atoms with Crippen molar-refractivity contribution in [3.05, 3.63) is 87.6 Å². The van der Waals surface area contributed by atoms with E-state index in [0.717, 1.165) is 21.8 Å². The Hall–Kier alpha value is -2.92. The van der Waals surface area contributed by atoms with Crippen molar-refractivity contribution in [3.8, 4) is 5.75 Å². The zero-order valence-corrected chi connectivity index (χ0v) is 14.6. The average molecular weight is 350 g/mol. The number of nitrogens with zero attached hydrogens (tertiary/aromatic N) is 1. The summed E-state index contributed by atoms with van der Waals surface area (Å²) in [5, 5.41) is 6.00. The van der Waals surface area contributed by atoms with Gasteiger partial charge in [0.1, 0.15) is 12.4 Å². The van der Waals surface area contributed by atoms with Crippen molar-refractivity contribution in [1.82, 2.24) is 5.43 Å². The smallest absolute Gasteiger partial charge is 0.271 e. The van der Waals surface area contributed by atoms with E-state index in [1.165, 1.54) is 0 Å². The Kier molecular flexibility index (Phi) is 5.59. The molecule has 25 heavy (non-hydrogen) atoms. The number of hydrazone groups is 1. The van der Waals surface area contributed by atoms with Gasteiger partial charge in [0.05, 0.1) is 6.21 Å². The Bertz CT molecular complexity index is 855. The molecular formula is C20H18N2O2S. The Morgan fingerprint density at radius 2 is 1.88 bits per heavy atom. The van der Waals surface area contributed by atoms with Crippen LogP contribution in [0.1, 0.15) is 26.4 Å². The van der Waals surface area contributed by atoms with Crippen molar-refractivity contribution < 1.29 is 9.53 Å². The summed E-state index contributed by atoms with van der Waals surface area (Å²) in [5.41, 5.74) is 5.31. The summed E-state index contributed by atoms with van der Waals surface area (Å²) < 4.78 is 5.71. The van der Waals surface area contributed by atoms with Crippen LogP contribution in [0.3, 0.4) is 0 Å². The highest BCUT2D eigenvalue weighted by Crippen LogP contribution is 2.15. The lowest BCUT2D eigenvalue weighted by atomic mass is 10.2. The van der Waals surface area contributed by atoms with Crippen LogP contribution in [0, 0.1) is 6.92 Å². The van der Waals surface area contributed by atoms with Crippen molar-refractivity contribution in [2.75, 3.05) is 0 Å². The quantitative estimate of drug-likeness (QED) is 0.529. The van der Waals surface area contributed by atoms with Crippen molar-refractivity contribution in [3.63, 3.8) is 0 Å². The minimum atomic E-state index is -0.250. The van der Waals surface area contributed by atoms with E-state index in [1.54, 1.807) is 41.8 Å². The van der Waals surface area contributed by atoms with Gasteiger partial charge in [-0.05, 0) is 53.8 Å². The molecule has 0 radical (unpaired) electrons. The summed E-state index contributed by atoms with van der Waals surface area (Å²) in [7, 11) is 0. The van der Waals surface area contributed by atoms with E-state index in [-0.39, 0.29) is 5.91 Å². The molecule has 1 amide bonds. The van der Waals surface area contributed by atoms with Gasteiger partial charge in [0, 0.05) is 10.4 Å². The molecule has 0 unspecified atom stereocenters. The maximum absolute atomic E-state index is 12.1. The number of benzene rings is 2. The summed E-state index contributed by atoms with van der Waals surface area (Å²) in [6.07, 6.45) is 1.66. The second kappa shape index (κ2) is 8.26. The van der Waals surface area contributed by atoms with Crippen LogP contribution < -0.4 is 10.2 Å². The molecule has 2 aromatic carbocycles. The molecule has 0 aliphatic carbocycles. The number of rotatable bonds is 6. The number of hydrogen-bond acceptors (Lipinski definition) is 4. The first-order valence-corrected chi connectivity index (χ1v) is 8.74. The molecule has 4 nitrogen and oxygen atoms in total. The van der Waals surface area contributed by atoms with Gasteiger partial charge >= 0.3 is 0 Å². The minimum absolute atomic E-state index is 0.250. The number of carbonyl (C=O) groups excluding carboxylic acids is 1. The number of hydrogen-bond donors (Lipinski definition) is 1. The number of ether oxygens (including phenoxy) is 1. The molecule has 3 aromatic rings. The van der Waals surface area contributed by atoms with Gasteiger partial charge in [0.2, 0.25) is 0 Å². The standard InChI is InChI=1S/C20H18N2O2S/c1-15-11-12-25-19(15)13-21-22-20(23)17-7-9-18(10-8-17)24-14-16-5-3-2-4-6-16/h2-13H,14H2,1H3,(H,22,23). The molecule has 0 saturated carbocycles. The molecule has 3 rings (SSSR count). The van der Waals surface area contributed by atoms with Gasteiger partial charge in [0.25, 0.3) is 5.91 Å². The molecule has 126 valence electrons. The predicted octanol–water partition coefficient (Wildman–Crippen LogP) is 4.40. The number of nitrogens with one attached hydrogen (secondary N) is 1. The maximum Gasteiger partial charge on any atom is 0.271 e. The van der Waals surface area contributed by atoms with E-state index in [1.807, 2.05) is 48.7 Å². The second-order valence-corrected chi connectivity index (χ2v) is 6.41. The first-order chi connectivity index (χ1) is 12.2. The van der Waals surface area contributed by atoms with Crippen LogP contribution in [0.2, 0.25) is 0 Å². The molecule has 1 N–H and O–H groups in total. The van der Waals surface area contributed by atoms with E-state index in [0.29, 0.717) is 12.2 Å². The highest BCUT2D eigenvalue weighted by Gasteiger charge is 2.05. The summed E-state index contributed by atoms with van der Waals surface area (Å²) in [6, 6.07) is 19.0. The molecular weight excluding hydrogens is 332 g/mol. The lowest BCUT2D eigenvalue weighted by Crippen LogP contribution is -2.17. The predicted molar refractivity (Wildman–Crippen MR) is 101 cm³/mol. The third-order valence-corrected chi connectivity index (χ3v) is 4.57. The number of aryl methyl sites for hydroxylation is 1. The van der Waals surface area contributed by atoms with Crippen LogP contribution in [0.4, 0.5) is 0 Å². The molecule has 0 aliphatic heterocycles. The van der Waals surface area contributed by atoms with Crippen molar-refractivity contribution >= 4 is 23.5 Å². The number of amides is 1. The molecule has 0 spiro atoms. The topological polar surface area (TPSA) is 50.7 Å². The van der Waals surface area contributed by atoms with E-state index >= 15 is 0 Å². The lowest BCUT2D eigenvalue weighted by molar-refractivity contribution is 0.0955. The van der Waals surface area contributed by atoms with Gasteiger partial charge in [0.15, 0.2) is 0 Å². The number of thiophene rings is 1. The van der Waals surface area contributed by atoms with Gasteiger partial charge in [-0.25, -0.2) is 5.43 Å². The molecule has 1 aromatic heterocycles. The van der Waals surface area contributed by atoms with Gasteiger partial charge < -0.3 is 4.74 Å². The zero-order chi connectivity index (χ0) is 17.5. The van der Waals surface area contributed by atoms with Crippen LogP contribution in [-0.4, -0.2) is 12.1 Å². The third-order valence-electron chi connectivity index (χ3n) is 3.61. The zero-order valence-electron chi connectivity index (χ0n) is 13.8. The Balaban J connectivity index is 1.53. The minimum Gasteiger partial charge on any atom is -0.489 e. The van der Waals surface area contributed by atoms with Crippen LogP contribution in [0.5, 0.6) is 5.75 Å². The lowest BCUT2D eigenvalue weighted by Gasteiger charge is -2.07. The van der Waals surface area contributed by atoms with E-state index in [4.69, 9.17) is 4.74 Å². The Morgan fingerprint density at radius 1 is 1.12 bits per heavy atom. The third kappa shape index (κ3) is 4.78. The van der Waals surface area contributed by atoms with Gasteiger partial charge in [-0.2, -0.15) is 5.10 Å². The largest absolute Gasteiger partial charge is 0.489 e. The molecule has 0 saturated heterocycles. The highest BCUT2D eigenvalue weighted by molar-refractivity contribution is 7.11. The fourth-order valence-electron chi connectivity index (χ4n) is 2.17. The highest BCUT2D eigenvalue weighted by atomic mass is 32.1. The fourth-order valence-corrected chi connectivity index (χ4v) is 2.96. The maximum atomic E-state index is 12.1.